The van der Waals surface area contributed by atoms with E-state index in [1.54, 1.807) is 46.8 Å². The van der Waals surface area contributed by atoms with Crippen LogP contribution in [0.4, 0.5) is 4.79 Å². The first-order chi connectivity index (χ1) is 11.5. The number of carbonyl (C=O) groups is 2. The van der Waals surface area contributed by atoms with Crippen molar-refractivity contribution in [3.63, 3.8) is 0 Å². The minimum atomic E-state index is -1.61. The molecule has 6 heteroatoms. The molecule has 142 valence electrons. The first kappa shape index (κ1) is 21.2. The molecule has 0 bridgehead atoms. The second kappa shape index (κ2) is 8.52. The van der Waals surface area contributed by atoms with E-state index in [0.29, 0.717) is 0 Å². The van der Waals surface area contributed by atoms with E-state index in [1.807, 2.05) is 6.92 Å². The van der Waals surface area contributed by atoms with Crippen molar-refractivity contribution >= 4 is 12.1 Å². The lowest BCUT2D eigenvalue weighted by molar-refractivity contribution is -0.162. The Morgan fingerprint density at radius 3 is 2.52 bits per heavy atom. The van der Waals surface area contributed by atoms with Crippen molar-refractivity contribution in [2.45, 2.75) is 77.7 Å². The van der Waals surface area contributed by atoms with Gasteiger partial charge >= 0.3 is 12.1 Å². The van der Waals surface area contributed by atoms with Gasteiger partial charge in [0.05, 0.1) is 6.10 Å². The average molecular weight is 353 g/mol. The van der Waals surface area contributed by atoms with E-state index in [2.05, 4.69) is 0 Å². The van der Waals surface area contributed by atoms with Crippen molar-refractivity contribution < 1.29 is 24.2 Å². The molecule has 1 aliphatic rings. The van der Waals surface area contributed by atoms with Crippen LogP contribution in [0, 0.1) is 0 Å². The smallest absolute Gasteiger partial charge is 0.411 e. The molecule has 1 aliphatic heterocycles. The van der Waals surface area contributed by atoms with Crippen LogP contribution >= 0.6 is 0 Å². The Balaban J connectivity index is 3.21. The minimum Gasteiger partial charge on any atom is -0.461 e. The summed E-state index contributed by atoms with van der Waals surface area (Å²) in [5, 5.41) is 10.7. The fraction of sp³-hybridized carbons (Fsp3) is 0.684. The van der Waals surface area contributed by atoms with E-state index in [-0.39, 0.29) is 12.6 Å². The molecule has 0 spiro atoms. The van der Waals surface area contributed by atoms with Gasteiger partial charge in [-0.25, -0.2) is 9.59 Å². The van der Waals surface area contributed by atoms with Crippen LogP contribution < -0.4 is 0 Å². The number of ether oxygens (including phenoxy) is 2. The Bertz CT molecular complexity index is 532. The maximum Gasteiger partial charge on any atom is 0.411 e. The van der Waals surface area contributed by atoms with Crippen molar-refractivity contribution in [2.24, 2.45) is 0 Å². The van der Waals surface area contributed by atoms with Gasteiger partial charge in [-0.05, 0) is 47.1 Å². The molecule has 6 nitrogen and oxygen atoms in total. The Kier molecular flexibility index (Phi) is 7.23. The van der Waals surface area contributed by atoms with Gasteiger partial charge < -0.3 is 14.6 Å². The molecule has 0 saturated carbocycles. The zero-order valence-electron chi connectivity index (χ0n) is 16.1. The van der Waals surface area contributed by atoms with Crippen molar-refractivity contribution in [3.05, 3.63) is 24.3 Å². The van der Waals surface area contributed by atoms with Gasteiger partial charge in [0.25, 0.3) is 0 Å². The van der Waals surface area contributed by atoms with E-state index in [4.69, 9.17) is 9.47 Å². The molecule has 0 radical (unpaired) electrons. The number of rotatable bonds is 6. The number of aliphatic hydroxyl groups excluding tert-OH is 1. The van der Waals surface area contributed by atoms with Crippen LogP contribution in [0.15, 0.2) is 24.3 Å². The minimum absolute atomic E-state index is 0.167. The highest BCUT2D eigenvalue weighted by Crippen LogP contribution is 2.32. The second-order valence-electron chi connectivity index (χ2n) is 7.43. The largest absolute Gasteiger partial charge is 0.461 e. The van der Waals surface area contributed by atoms with Crippen LogP contribution in [0.3, 0.4) is 0 Å². The molecule has 1 N–H and O–H groups in total. The third-order valence-electron chi connectivity index (χ3n) is 3.61. The normalized spacial score (nSPS) is 21.8. The summed E-state index contributed by atoms with van der Waals surface area (Å²) in [7, 11) is 0. The van der Waals surface area contributed by atoms with E-state index < -0.39 is 29.3 Å². The van der Waals surface area contributed by atoms with Gasteiger partial charge in [-0.1, -0.05) is 31.6 Å². The van der Waals surface area contributed by atoms with Crippen LogP contribution in [0.5, 0.6) is 0 Å². The summed E-state index contributed by atoms with van der Waals surface area (Å²) in [4.78, 5) is 26.7. The van der Waals surface area contributed by atoms with Crippen molar-refractivity contribution in [1.82, 2.24) is 4.90 Å². The van der Waals surface area contributed by atoms with Crippen LogP contribution in [-0.4, -0.2) is 52.0 Å². The van der Waals surface area contributed by atoms with Gasteiger partial charge in [-0.2, -0.15) is 0 Å². The maximum atomic E-state index is 12.8. The zero-order valence-corrected chi connectivity index (χ0v) is 16.1. The number of esters is 1. The monoisotopic (exact) mass is 353 g/mol. The van der Waals surface area contributed by atoms with E-state index in [0.717, 1.165) is 12.8 Å². The molecule has 0 aromatic rings. The molecule has 0 fully saturated rings. The molecular formula is C19H31NO5. The third-order valence-corrected chi connectivity index (χ3v) is 3.61. The van der Waals surface area contributed by atoms with Crippen molar-refractivity contribution in [3.8, 4) is 0 Å². The van der Waals surface area contributed by atoms with Gasteiger partial charge in [0.2, 0.25) is 0 Å². The highest BCUT2D eigenvalue weighted by Gasteiger charge is 2.54. The number of unbranched alkanes of at least 4 members (excludes halogenated alkanes) is 1. The number of nitrogens with zero attached hydrogens (tertiary/aromatic N) is 1. The summed E-state index contributed by atoms with van der Waals surface area (Å²) in [6.45, 7) is 10.9. The first-order valence-electron chi connectivity index (χ1n) is 8.78. The molecule has 2 atom stereocenters. The summed E-state index contributed by atoms with van der Waals surface area (Å²) in [5.41, 5.74) is -2.33. The molecule has 1 amide bonds. The number of aliphatic hydroxyl groups is 1. The standard InChI is InChI=1S/C19H31NO5/c1-7-8-9-11-15(21)19(16(22)24-14(2)3)12-10-13-20(19)17(23)25-18(4,5)6/h9-12,14-15,21H,7-8,13H2,1-6H3/b11-9+/t15-,19+/m0/s1. The summed E-state index contributed by atoms with van der Waals surface area (Å²) in [6, 6.07) is 0. The molecule has 0 aromatic carbocycles. The summed E-state index contributed by atoms with van der Waals surface area (Å²) < 4.78 is 10.8. The van der Waals surface area contributed by atoms with Crippen LogP contribution in [0.1, 0.15) is 54.4 Å². The zero-order chi connectivity index (χ0) is 19.3. The van der Waals surface area contributed by atoms with Gasteiger partial charge in [0, 0.05) is 6.54 Å². The molecule has 1 rings (SSSR count). The number of allylic oxidation sites excluding steroid dienone is 1. The predicted molar refractivity (Wildman–Crippen MR) is 96.1 cm³/mol. The molecular weight excluding hydrogens is 322 g/mol. The van der Waals surface area contributed by atoms with Gasteiger partial charge in [0.1, 0.15) is 11.7 Å². The first-order valence-corrected chi connectivity index (χ1v) is 8.78. The lowest BCUT2D eigenvalue weighted by atomic mass is 9.91. The van der Waals surface area contributed by atoms with E-state index in [9.17, 15) is 14.7 Å². The van der Waals surface area contributed by atoms with Gasteiger partial charge in [0.15, 0.2) is 5.54 Å². The number of carbonyl (C=O) groups excluding carboxylic acids is 2. The predicted octanol–water partition coefficient (Wildman–Crippen LogP) is 3.20. The van der Waals surface area contributed by atoms with Crippen LogP contribution in [0.25, 0.3) is 0 Å². The molecule has 0 aliphatic carbocycles. The Morgan fingerprint density at radius 1 is 1.36 bits per heavy atom. The van der Waals surface area contributed by atoms with Gasteiger partial charge in [-0.15, -0.1) is 0 Å². The van der Waals surface area contributed by atoms with Crippen molar-refractivity contribution in [1.29, 1.82) is 0 Å². The fourth-order valence-corrected chi connectivity index (χ4v) is 2.53. The summed E-state index contributed by atoms with van der Waals surface area (Å²) in [5.74, 6) is -0.671. The second-order valence-corrected chi connectivity index (χ2v) is 7.43. The molecule has 0 aromatic heterocycles. The average Bonchev–Trinajstić information content (AvgIpc) is 2.90. The number of hydrogen-bond donors (Lipinski definition) is 1. The van der Waals surface area contributed by atoms with E-state index >= 15 is 0 Å². The van der Waals surface area contributed by atoms with Crippen LogP contribution in [-0.2, 0) is 14.3 Å². The fourth-order valence-electron chi connectivity index (χ4n) is 2.53. The highest BCUT2D eigenvalue weighted by atomic mass is 16.6. The Labute approximate surface area is 150 Å². The van der Waals surface area contributed by atoms with Gasteiger partial charge in [-0.3, -0.25) is 4.90 Å². The summed E-state index contributed by atoms with van der Waals surface area (Å²) in [6.07, 6.45) is 5.96. The number of amides is 1. The molecule has 25 heavy (non-hydrogen) atoms. The van der Waals surface area contributed by atoms with E-state index in [1.165, 1.54) is 17.1 Å². The van der Waals surface area contributed by atoms with Crippen molar-refractivity contribution in [2.75, 3.05) is 6.54 Å². The highest BCUT2D eigenvalue weighted by molar-refractivity contribution is 5.90. The Morgan fingerprint density at radius 2 is 2.00 bits per heavy atom. The SMILES string of the molecule is CCC/C=C/[C@H](O)[C@@]1(C(=O)OC(C)C)C=CCN1C(=O)OC(C)(C)C. The maximum absolute atomic E-state index is 12.8. The Hall–Kier alpha value is -1.82. The molecule has 0 saturated heterocycles. The third kappa shape index (κ3) is 5.33. The lowest BCUT2D eigenvalue weighted by Crippen LogP contribution is -2.61. The molecule has 1 heterocycles. The summed E-state index contributed by atoms with van der Waals surface area (Å²) >= 11 is 0. The topological polar surface area (TPSA) is 76.1 Å². The number of hydrogen-bond acceptors (Lipinski definition) is 5. The van der Waals surface area contributed by atoms with Crippen LogP contribution in [0.2, 0.25) is 0 Å². The molecule has 0 unspecified atom stereocenters. The lowest BCUT2D eigenvalue weighted by Gasteiger charge is -2.39. The quantitative estimate of drug-likeness (QED) is 0.586.